The van der Waals surface area contributed by atoms with Gasteiger partial charge in [0.2, 0.25) is 0 Å². The maximum absolute atomic E-state index is 11.3. The maximum atomic E-state index is 11.3. The van der Waals surface area contributed by atoms with Gasteiger partial charge in [0.25, 0.3) is 0 Å². The van der Waals surface area contributed by atoms with Gasteiger partial charge < -0.3 is 4.74 Å². The van der Waals surface area contributed by atoms with Crippen LogP contribution < -0.4 is 4.57 Å². The molecule has 0 saturated heterocycles. The number of pyridine rings is 1. The van der Waals surface area contributed by atoms with Crippen LogP contribution in [0.4, 0.5) is 0 Å². The van der Waals surface area contributed by atoms with Crippen molar-refractivity contribution in [1.82, 2.24) is 0 Å². The molecule has 0 aliphatic rings. The van der Waals surface area contributed by atoms with Gasteiger partial charge >= 0.3 is 5.97 Å². The average molecular weight is 273 g/mol. The van der Waals surface area contributed by atoms with Crippen molar-refractivity contribution >= 4 is 21.9 Å². The Balaban J connectivity index is 2.54. The number of carbonyl (C=O) groups is 1. The van der Waals surface area contributed by atoms with Crippen molar-refractivity contribution in [2.24, 2.45) is 0 Å². The lowest BCUT2D eigenvalue weighted by Gasteiger charge is -2.05. The maximum Gasteiger partial charge on any atom is 0.326 e. The third-order valence-electron chi connectivity index (χ3n) is 1.97. The third-order valence-corrected chi connectivity index (χ3v) is 2.63. The molecule has 0 N–H and O–H groups in total. The van der Waals surface area contributed by atoms with Crippen molar-refractivity contribution in [3.8, 4) is 0 Å². The van der Waals surface area contributed by atoms with E-state index in [1.54, 1.807) is 6.92 Å². The highest BCUT2D eigenvalue weighted by Crippen LogP contribution is 2.02. The van der Waals surface area contributed by atoms with E-state index >= 15 is 0 Å². The first-order chi connectivity index (χ1) is 7.13. The zero-order chi connectivity index (χ0) is 11.3. The Morgan fingerprint density at radius 2 is 2.13 bits per heavy atom. The monoisotopic (exact) mass is 272 g/mol. The summed E-state index contributed by atoms with van der Waals surface area (Å²) in [6.45, 7) is 4.83. The Morgan fingerprint density at radius 3 is 2.67 bits per heavy atom. The second-order valence-corrected chi connectivity index (χ2v) is 4.40. The van der Waals surface area contributed by atoms with Crippen molar-refractivity contribution in [2.75, 3.05) is 6.61 Å². The summed E-state index contributed by atoms with van der Waals surface area (Å²) in [5, 5.41) is 0. The summed E-state index contributed by atoms with van der Waals surface area (Å²) in [7, 11) is 0. The first-order valence-corrected chi connectivity index (χ1v) is 5.81. The molecule has 0 saturated carbocycles. The van der Waals surface area contributed by atoms with Crippen LogP contribution in [0.2, 0.25) is 0 Å². The molecule has 4 heteroatoms. The number of aryl methyl sites for hydroxylation is 1. The summed E-state index contributed by atoms with van der Waals surface area (Å²) < 4.78 is 6.85. The van der Waals surface area contributed by atoms with Gasteiger partial charge in [0.1, 0.15) is 0 Å². The van der Waals surface area contributed by atoms with E-state index in [0.717, 1.165) is 0 Å². The molecule has 0 aliphatic carbocycles. The number of aromatic nitrogens is 1. The lowest BCUT2D eigenvalue weighted by molar-refractivity contribution is -0.694. The normalized spacial score (nSPS) is 12.2. The van der Waals surface area contributed by atoms with Crippen LogP contribution in [0.5, 0.6) is 0 Å². The first kappa shape index (κ1) is 12.2. The van der Waals surface area contributed by atoms with Gasteiger partial charge in [0, 0.05) is 12.1 Å². The Morgan fingerprint density at radius 1 is 1.53 bits per heavy atom. The fourth-order valence-electron chi connectivity index (χ4n) is 1.15. The number of hydrogen-bond acceptors (Lipinski definition) is 2. The SMILES string of the molecule is CCOC(=O)[C@@H](Br)C[n+]1ccc(C)cc1. The van der Waals surface area contributed by atoms with Crippen LogP contribution in [0, 0.1) is 6.92 Å². The van der Waals surface area contributed by atoms with E-state index in [0.29, 0.717) is 13.2 Å². The molecule has 1 atom stereocenters. The molecule has 0 fully saturated rings. The summed E-state index contributed by atoms with van der Waals surface area (Å²) in [4.78, 5) is 11.0. The van der Waals surface area contributed by atoms with Crippen LogP contribution in [0.3, 0.4) is 0 Å². The van der Waals surface area contributed by atoms with Gasteiger partial charge in [-0.15, -0.1) is 0 Å². The van der Waals surface area contributed by atoms with Gasteiger partial charge in [-0.2, -0.15) is 0 Å². The van der Waals surface area contributed by atoms with E-state index in [1.165, 1.54) is 5.56 Å². The highest BCUT2D eigenvalue weighted by Gasteiger charge is 2.20. The van der Waals surface area contributed by atoms with Gasteiger partial charge in [-0.05, 0) is 19.4 Å². The van der Waals surface area contributed by atoms with Crippen LogP contribution in [0.1, 0.15) is 12.5 Å². The Kier molecular flexibility index (Phi) is 4.75. The molecule has 82 valence electrons. The third kappa shape index (κ3) is 4.00. The topological polar surface area (TPSA) is 30.2 Å². The Bertz CT molecular complexity index is 324. The summed E-state index contributed by atoms with van der Waals surface area (Å²) in [5.74, 6) is -0.217. The summed E-state index contributed by atoms with van der Waals surface area (Å²) in [6.07, 6.45) is 3.89. The minimum atomic E-state index is -0.287. The zero-order valence-electron chi connectivity index (χ0n) is 8.94. The molecule has 15 heavy (non-hydrogen) atoms. The molecule has 0 spiro atoms. The number of esters is 1. The fraction of sp³-hybridized carbons (Fsp3) is 0.455. The summed E-state index contributed by atoms with van der Waals surface area (Å²) in [6, 6.07) is 4.01. The molecule has 1 heterocycles. The largest absolute Gasteiger partial charge is 0.465 e. The van der Waals surface area contributed by atoms with Gasteiger partial charge in [-0.25, -0.2) is 4.57 Å². The first-order valence-electron chi connectivity index (χ1n) is 4.90. The van der Waals surface area contributed by atoms with E-state index in [4.69, 9.17) is 4.74 Å². The minimum Gasteiger partial charge on any atom is -0.465 e. The second-order valence-electron chi connectivity index (χ2n) is 3.29. The fourth-order valence-corrected chi connectivity index (χ4v) is 1.61. The minimum absolute atomic E-state index is 0.217. The van der Waals surface area contributed by atoms with Crippen molar-refractivity contribution in [1.29, 1.82) is 0 Å². The molecule has 1 aromatic rings. The van der Waals surface area contributed by atoms with Crippen molar-refractivity contribution in [2.45, 2.75) is 25.2 Å². The van der Waals surface area contributed by atoms with E-state index in [9.17, 15) is 4.79 Å². The number of hydrogen-bond donors (Lipinski definition) is 0. The highest BCUT2D eigenvalue weighted by molar-refractivity contribution is 9.10. The van der Waals surface area contributed by atoms with E-state index in [-0.39, 0.29) is 10.8 Å². The quantitative estimate of drug-likeness (QED) is 0.474. The molecular weight excluding hydrogens is 258 g/mol. The number of carbonyl (C=O) groups excluding carboxylic acids is 1. The number of ether oxygens (including phenoxy) is 1. The van der Waals surface area contributed by atoms with E-state index in [2.05, 4.69) is 15.9 Å². The van der Waals surface area contributed by atoms with Crippen LogP contribution in [-0.2, 0) is 16.1 Å². The molecule has 0 unspecified atom stereocenters. The predicted octanol–water partition coefficient (Wildman–Crippen LogP) is 1.61. The van der Waals surface area contributed by atoms with Gasteiger partial charge in [-0.3, -0.25) is 4.79 Å². The predicted molar refractivity (Wildman–Crippen MR) is 60.7 cm³/mol. The second kappa shape index (κ2) is 5.85. The standard InChI is InChI=1S/C11H15BrNO2/c1-3-15-11(14)10(12)8-13-6-4-9(2)5-7-13/h4-7,10H,3,8H2,1-2H3/q+1/t10-/m0/s1. The van der Waals surface area contributed by atoms with Crippen molar-refractivity contribution in [3.05, 3.63) is 30.1 Å². The molecular formula is C11H15BrNO2+. The number of rotatable bonds is 4. The number of alkyl halides is 1. The van der Waals surface area contributed by atoms with Gasteiger partial charge in [0.05, 0.1) is 6.61 Å². The van der Waals surface area contributed by atoms with Gasteiger partial charge in [0.15, 0.2) is 23.8 Å². The van der Waals surface area contributed by atoms with Gasteiger partial charge in [-0.1, -0.05) is 15.9 Å². The summed E-state index contributed by atoms with van der Waals surface area (Å²) >= 11 is 3.30. The van der Waals surface area contributed by atoms with Crippen LogP contribution in [-0.4, -0.2) is 17.4 Å². The lowest BCUT2D eigenvalue weighted by atomic mass is 10.3. The number of nitrogens with zero attached hydrogens (tertiary/aromatic N) is 1. The highest BCUT2D eigenvalue weighted by atomic mass is 79.9. The molecule has 0 aromatic carbocycles. The average Bonchev–Trinajstić information content (AvgIpc) is 2.22. The zero-order valence-corrected chi connectivity index (χ0v) is 10.5. The van der Waals surface area contributed by atoms with E-state index < -0.39 is 0 Å². The molecule has 3 nitrogen and oxygen atoms in total. The molecule has 0 amide bonds. The van der Waals surface area contributed by atoms with Crippen molar-refractivity contribution in [3.63, 3.8) is 0 Å². The molecule has 1 rings (SSSR count). The summed E-state index contributed by atoms with van der Waals surface area (Å²) in [5.41, 5.74) is 1.20. The molecule has 0 bridgehead atoms. The lowest BCUT2D eigenvalue weighted by Crippen LogP contribution is -2.40. The number of halogens is 1. The van der Waals surface area contributed by atoms with Crippen LogP contribution >= 0.6 is 15.9 Å². The Hall–Kier alpha value is -0.900. The molecule has 1 aromatic heterocycles. The van der Waals surface area contributed by atoms with E-state index in [1.807, 2.05) is 36.0 Å². The molecule has 0 aliphatic heterocycles. The Labute approximate surface area is 98.2 Å². The van der Waals surface area contributed by atoms with Crippen LogP contribution in [0.25, 0.3) is 0 Å². The smallest absolute Gasteiger partial charge is 0.326 e. The van der Waals surface area contributed by atoms with Crippen LogP contribution in [0.15, 0.2) is 24.5 Å². The molecule has 0 radical (unpaired) electrons. The van der Waals surface area contributed by atoms with Crippen molar-refractivity contribution < 1.29 is 14.1 Å².